The number of nitrogens with zero attached hydrogens (tertiary/aromatic N) is 4. The average Bonchev–Trinajstić information content (AvgIpc) is 3.32. The Labute approximate surface area is 213 Å². The van der Waals surface area contributed by atoms with Gasteiger partial charge in [-0.3, -0.25) is 4.79 Å². The minimum absolute atomic E-state index is 0.0624. The van der Waals surface area contributed by atoms with Gasteiger partial charge >= 0.3 is 0 Å². The number of nitriles is 1. The van der Waals surface area contributed by atoms with Crippen molar-refractivity contribution in [1.82, 2.24) is 20.1 Å². The maximum Gasteiger partial charge on any atom is 0.255 e. The second-order valence-electron chi connectivity index (χ2n) is 8.62. The van der Waals surface area contributed by atoms with Crippen molar-refractivity contribution in [3.05, 3.63) is 70.0 Å². The topological polar surface area (TPSA) is 94.9 Å². The van der Waals surface area contributed by atoms with E-state index in [1.54, 1.807) is 7.11 Å². The van der Waals surface area contributed by atoms with E-state index in [1.807, 2.05) is 42.2 Å². The molecule has 1 aromatic heterocycles. The molecule has 1 amide bonds. The Hall–Kier alpha value is -2.77. The number of nitrogens with one attached hydrogen (secondary N) is 1. The lowest BCUT2D eigenvalue weighted by atomic mass is 9.88. The predicted octanol–water partition coefficient (Wildman–Crippen LogP) is 5.14. The second-order valence-corrected chi connectivity index (χ2v) is 10.1. The minimum Gasteiger partial charge on any atom is -0.377 e. The van der Waals surface area contributed by atoms with E-state index in [0.717, 1.165) is 41.5 Å². The van der Waals surface area contributed by atoms with E-state index in [0.29, 0.717) is 36.3 Å². The Bertz CT molecular complexity index is 1210. The molecule has 2 heterocycles. The number of likely N-dealkylation sites (tertiary alicyclic amines) is 1. The summed E-state index contributed by atoms with van der Waals surface area (Å²) >= 11 is 2.39. The van der Waals surface area contributed by atoms with Crippen LogP contribution in [0.4, 0.5) is 0 Å². The zero-order valence-corrected chi connectivity index (χ0v) is 21.8. The third-order valence-corrected chi connectivity index (χ3v) is 7.62. The lowest BCUT2D eigenvalue weighted by Gasteiger charge is -2.37. The number of piperidine rings is 1. The molecule has 0 aliphatic carbocycles. The number of carbonyl (C=O) groups excluding carboxylic acids is 1. The molecule has 7 nitrogen and oxygen atoms in total. The molecule has 0 bridgehead atoms. The fourth-order valence-corrected chi connectivity index (χ4v) is 5.71. The van der Waals surface area contributed by atoms with Gasteiger partial charge in [-0.2, -0.15) is 5.26 Å². The Balaban J connectivity index is 1.57. The van der Waals surface area contributed by atoms with E-state index in [2.05, 4.69) is 56.8 Å². The van der Waals surface area contributed by atoms with Crippen LogP contribution >= 0.6 is 22.6 Å². The quantitative estimate of drug-likeness (QED) is 0.252. The molecule has 1 aliphatic heterocycles. The molecule has 1 saturated heterocycles. The fourth-order valence-electron chi connectivity index (χ4n) is 4.57. The number of aromatic nitrogens is 3. The van der Waals surface area contributed by atoms with Gasteiger partial charge in [-0.1, -0.05) is 47.7 Å². The van der Waals surface area contributed by atoms with Gasteiger partial charge in [-0.05, 0) is 67.0 Å². The highest BCUT2D eigenvalue weighted by atomic mass is 127. The van der Waals surface area contributed by atoms with Crippen molar-refractivity contribution in [2.45, 2.75) is 49.7 Å². The van der Waals surface area contributed by atoms with Crippen molar-refractivity contribution >= 4 is 28.5 Å². The zero-order valence-electron chi connectivity index (χ0n) is 19.6. The van der Waals surface area contributed by atoms with Gasteiger partial charge in [0.1, 0.15) is 6.61 Å². The first-order valence-corrected chi connectivity index (χ1v) is 12.7. The van der Waals surface area contributed by atoms with Gasteiger partial charge in [0.15, 0.2) is 11.6 Å². The fraction of sp³-hybridized carbons (Fsp3) is 0.385. The molecule has 176 valence electrons. The number of methoxy groups -OCH3 is 1. The molecule has 0 spiro atoms. The van der Waals surface area contributed by atoms with E-state index < -0.39 is 0 Å². The number of H-pyrrole nitrogens is 1. The monoisotopic (exact) mass is 569 g/mol. The van der Waals surface area contributed by atoms with Gasteiger partial charge < -0.3 is 14.6 Å². The van der Waals surface area contributed by atoms with Gasteiger partial charge in [0.2, 0.25) is 0 Å². The van der Waals surface area contributed by atoms with E-state index in [4.69, 9.17) is 10.00 Å². The number of halogens is 1. The van der Waals surface area contributed by atoms with Crippen LogP contribution in [0.1, 0.15) is 64.1 Å². The van der Waals surface area contributed by atoms with E-state index in [9.17, 15) is 4.79 Å². The number of ether oxygens (including phenoxy) is 1. The predicted molar refractivity (Wildman–Crippen MR) is 139 cm³/mol. The molecule has 2 atom stereocenters. The normalized spacial score (nSPS) is 18.0. The van der Waals surface area contributed by atoms with E-state index in [1.165, 1.54) is 5.56 Å². The van der Waals surface area contributed by atoms with Gasteiger partial charge in [0, 0.05) is 24.8 Å². The minimum atomic E-state index is 0.0624. The molecule has 0 saturated carbocycles. The van der Waals surface area contributed by atoms with Crippen molar-refractivity contribution in [3.63, 3.8) is 0 Å². The van der Waals surface area contributed by atoms with E-state index in [-0.39, 0.29) is 9.96 Å². The average molecular weight is 569 g/mol. The van der Waals surface area contributed by atoms with Crippen LogP contribution < -0.4 is 0 Å². The Morgan fingerprint density at radius 2 is 2.06 bits per heavy atom. The first-order chi connectivity index (χ1) is 16.4. The number of aryl methyl sites for hydroxylation is 2. The third-order valence-electron chi connectivity index (χ3n) is 6.44. The van der Waals surface area contributed by atoms with Gasteiger partial charge in [-0.15, -0.1) is 10.2 Å². The van der Waals surface area contributed by atoms with Crippen molar-refractivity contribution < 1.29 is 9.53 Å². The van der Waals surface area contributed by atoms with Crippen LogP contribution in [0.5, 0.6) is 0 Å². The Morgan fingerprint density at radius 3 is 2.71 bits per heavy atom. The van der Waals surface area contributed by atoms with Crippen LogP contribution in [0, 0.1) is 18.3 Å². The third kappa shape index (κ3) is 5.00. The van der Waals surface area contributed by atoms with Crippen LogP contribution in [0.2, 0.25) is 0 Å². The number of aromatic amines is 1. The van der Waals surface area contributed by atoms with Crippen LogP contribution in [0.3, 0.4) is 0 Å². The molecule has 1 N–H and O–H groups in total. The Kier molecular flexibility index (Phi) is 7.63. The highest BCUT2D eigenvalue weighted by Crippen LogP contribution is 2.36. The number of hydrogen-bond donors (Lipinski definition) is 1. The molecule has 2 unspecified atom stereocenters. The summed E-state index contributed by atoms with van der Waals surface area (Å²) in [6.45, 7) is 5.17. The number of rotatable bonds is 6. The smallest absolute Gasteiger partial charge is 0.255 e. The summed E-state index contributed by atoms with van der Waals surface area (Å²) in [5.74, 6) is 1.74. The van der Waals surface area contributed by atoms with Crippen molar-refractivity contribution in [3.8, 4) is 17.5 Å². The number of amides is 1. The number of alkyl halides is 1. The summed E-state index contributed by atoms with van der Waals surface area (Å²) in [6.07, 6.45) is 2.57. The standard InChI is InChI=1S/C26H28IN5O2/c1-4-18-11-16(2)21(25-29-24(15-34-3)30-31-25)13-22(18)26(33)32-10-9-20(12-23(32)27)19-7-5-17(14-28)6-8-19/h5-8,11,13,20,23H,4,9-10,12,15H2,1-3H3,(H,29,30,31). The maximum absolute atomic E-state index is 13.7. The van der Waals surface area contributed by atoms with Crippen molar-refractivity contribution in [1.29, 1.82) is 5.26 Å². The summed E-state index contributed by atoms with van der Waals surface area (Å²) in [6, 6.07) is 14.1. The molecule has 2 aromatic carbocycles. The van der Waals surface area contributed by atoms with Gasteiger partial charge in [0.05, 0.1) is 15.7 Å². The summed E-state index contributed by atoms with van der Waals surface area (Å²) < 4.78 is 5.23. The number of benzene rings is 2. The first kappa shape index (κ1) is 24.4. The molecular weight excluding hydrogens is 541 g/mol. The second kappa shape index (κ2) is 10.7. The van der Waals surface area contributed by atoms with Gasteiger partial charge in [-0.25, -0.2) is 0 Å². The van der Waals surface area contributed by atoms with Crippen LogP contribution in [-0.4, -0.2) is 43.7 Å². The molecule has 4 rings (SSSR count). The van der Waals surface area contributed by atoms with Crippen LogP contribution in [0.15, 0.2) is 36.4 Å². The summed E-state index contributed by atoms with van der Waals surface area (Å²) in [5.41, 5.74) is 5.61. The van der Waals surface area contributed by atoms with Gasteiger partial charge in [0.25, 0.3) is 5.91 Å². The molecule has 3 aromatic rings. The lowest BCUT2D eigenvalue weighted by Crippen LogP contribution is -2.42. The molecule has 0 radical (unpaired) electrons. The highest BCUT2D eigenvalue weighted by molar-refractivity contribution is 14.1. The van der Waals surface area contributed by atoms with Crippen molar-refractivity contribution in [2.24, 2.45) is 0 Å². The highest BCUT2D eigenvalue weighted by Gasteiger charge is 2.32. The number of carbonyl (C=O) groups is 1. The largest absolute Gasteiger partial charge is 0.377 e. The zero-order chi connectivity index (χ0) is 24.2. The molecule has 34 heavy (non-hydrogen) atoms. The molecule has 1 fully saturated rings. The molecule has 8 heteroatoms. The van der Waals surface area contributed by atoms with E-state index >= 15 is 0 Å². The molecular formula is C26H28IN5O2. The SMILES string of the molecule is CCc1cc(C)c(-c2nnc(COC)[nH]2)cc1C(=O)N1CCC(c2ccc(C#N)cc2)CC1I. The molecule has 1 aliphatic rings. The summed E-state index contributed by atoms with van der Waals surface area (Å²) in [5, 5.41) is 17.5. The maximum atomic E-state index is 13.7. The Morgan fingerprint density at radius 1 is 1.29 bits per heavy atom. The first-order valence-electron chi connectivity index (χ1n) is 11.4. The lowest BCUT2D eigenvalue weighted by molar-refractivity contribution is 0.0696. The van der Waals surface area contributed by atoms with Crippen molar-refractivity contribution in [2.75, 3.05) is 13.7 Å². The van der Waals surface area contributed by atoms with Crippen LogP contribution in [0.25, 0.3) is 11.4 Å². The number of hydrogen-bond acceptors (Lipinski definition) is 5. The summed E-state index contributed by atoms with van der Waals surface area (Å²) in [7, 11) is 1.62. The van der Waals surface area contributed by atoms with Crippen LogP contribution in [-0.2, 0) is 17.8 Å². The summed E-state index contributed by atoms with van der Waals surface area (Å²) in [4.78, 5) is 18.9.